The van der Waals surface area contributed by atoms with E-state index < -0.39 is 0 Å². The smallest absolute Gasteiger partial charge is 0.314 e. The van der Waals surface area contributed by atoms with E-state index in [0.29, 0.717) is 18.2 Å². The normalized spacial score (nSPS) is 20.3. The molecule has 1 aliphatic heterocycles. The zero-order valence-corrected chi connectivity index (χ0v) is 9.48. The average molecular weight is 238 g/mol. The van der Waals surface area contributed by atoms with Crippen LogP contribution in [0.25, 0.3) is 0 Å². The number of carbonyl (C=O) groups is 1. The van der Waals surface area contributed by atoms with Gasteiger partial charge in [0.05, 0.1) is 19.1 Å². The van der Waals surface area contributed by atoms with Crippen molar-refractivity contribution in [1.29, 1.82) is 0 Å². The Hall–Kier alpha value is -1.35. The minimum absolute atomic E-state index is 0.178. The van der Waals surface area contributed by atoms with Gasteiger partial charge in [0.1, 0.15) is 0 Å². The summed E-state index contributed by atoms with van der Waals surface area (Å²) in [5.41, 5.74) is 0.965. The third-order valence-electron chi connectivity index (χ3n) is 2.48. The molecule has 1 saturated heterocycles. The monoisotopic (exact) mass is 237 g/mol. The van der Waals surface area contributed by atoms with Crippen LogP contribution in [0.3, 0.4) is 0 Å². The van der Waals surface area contributed by atoms with Crippen molar-refractivity contribution in [3.63, 3.8) is 0 Å². The van der Waals surface area contributed by atoms with Crippen LogP contribution in [0.1, 0.15) is 12.0 Å². The predicted octanol–water partition coefficient (Wildman–Crippen LogP) is 2.47. The molecule has 1 aromatic rings. The molecule has 2 rings (SSSR count). The lowest BCUT2D eigenvalue weighted by molar-refractivity contribution is -0.139. The van der Waals surface area contributed by atoms with Gasteiger partial charge in [-0.1, -0.05) is 29.8 Å². The summed E-state index contributed by atoms with van der Waals surface area (Å²) in [5, 5.41) is 0.702. The molecular formula is C12H12ClNO2. The van der Waals surface area contributed by atoms with E-state index in [2.05, 4.69) is 4.99 Å². The van der Waals surface area contributed by atoms with Gasteiger partial charge >= 0.3 is 5.97 Å². The van der Waals surface area contributed by atoms with Gasteiger partial charge in [0, 0.05) is 11.2 Å². The van der Waals surface area contributed by atoms with E-state index in [1.165, 1.54) is 0 Å². The maximum Gasteiger partial charge on any atom is 0.314 e. The van der Waals surface area contributed by atoms with Crippen molar-refractivity contribution in [2.24, 2.45) is 10.9 Å². The molecule has 1 unspecified atom stereocenters. The van der Waals surface area contributed by atoms with Crippen molar-refractivity contribution in [2.45, 2.75) is 13.0 Å². The van der Waals surface area contributed by atoms with Gasteiger partial charge in [-0.25, -0.2) is 0 Å². The Morgan fingerprint density at radius 3 is 3.00 bits per heavy atom. The molecule has 0 amide bonds. The van der Waals surface area contributed by atoms with Gasteiger partial charge < -0.3 is 4.74 Å². The standard InChI is InChI=1S/C12H12ClNO2/c13-11-4-2-1-3-9(11)7-14-8-10-5-6-16-12(10)15/h1-4,8,10H,5-7H2. The van der Waals surface area contributed by atoms with E-state index in [9.17, 15) is 4.79 Å². The minimum atomic E-state index is -0.178. The van der Waals surface area contributed by atoms with Crippen LogP contribution in [0.15, 0.2) is 29.3 Å². The quantitative estimate of drug-likeness (QED) is 0.598. The summed E-state index contributed by atoms with van der Waals surface area (Å²) in [6.45, 7) is 1.01. The van der Waals surface area contributed by atoms with Crippen LogP contribution in [0.2, 0.25) is 5.02 Å². The fraction of sp³-hybridized carbons (Fsp3) is 0.333. The Morgan fingerprint density at radius 2 is 2.31 bits per heavy atom. The molecule has 1 heterocycles. The van der Waals surface area contributed by atoms with Crippen LogP contribution >= 0.6 is 11.6 Å². The molecule has 0 saturated carbocycles. The maximum atomic E-state index is 11.1. The summed E-state index contributed by atoms with van der Waals surface area (Å²) < 4.78 is 4.84. The summed E-state index contributed by atoms with van der Waals surface area (Å²) >= 11 is 5.98. The molecule has 0 spiro atoms. The predicted molar refractivity (Wildman–Crippen MR) is 62.7 cm³/mol. The lowest BCUT2D eigenvalue weighted by atomic mass is 10.1. The second kappa shape index (κ2) is 5.12. The van der Waals surface area contributed by atoms with Gasteiger partial charge in [-0.15, -0.1) is 0 Å². The number of hydrogen-bond acceptors (Lipinski definition) is 3. The number of cyclic esters (lactones) is 1. The number of ether oxygens (including phenoxy) is 1. The molecule has 1 atom stereocenters. The van der Waals surface area contributed by atoms with Crippen molar-refractivity contribution in [2.75, 3.05) is 6.61 Å². The number of halogens is 1. The number of hydrogen-bond donors (Lipinski definition) is 0. The highest BCUT2D eigenvalue weighted by molar-refractivity contribution is 6.31. The van der Waals surface area contributed by atoms with E-state index >= 15 is 0 Å². The third-order valence-corrected chi connectivity index (χ3v) is 2.85. The molecular weight excluding hydrogens is 226 g/mol. The van der Waals surface area contributed by atoms with Crippen LogP contribution in [-0.4, -0.2) is 18.8 Å². The van der Waals surface area contributed by atoms with E-state index in [1.807, 2.05) is 24.3 Å². The van der Waals surface area contributed by atoms with E-state index in [4.69, 9.17) is 16.3 Å². The first kappa shape index (κ1) is 11.1. The zero-order chi connectivity index (χ0) is 11.4. The van der Waals surface area contributed by atoms with Gasteiger partial charge in [0.15, 0.2) is 0 Å². The lowest BCUT2D eigenvalue weighted by Gasteiger charge is -2.00. The van der Waals surface area contributed by atoms with Crippen molar-refractivity contribution >= 4 is 23.8 Å². The first-order valence-corrected chi connectivity index (χ1v) is 5.55. The van der Waals surface area contributed by atoms with Crippen LogP contribution < -0.4 is 0 Å². The Bertz CT molecular complexity index is 417. The number of rotatable bonds is 3. The second-order valence-corrected chi connectivity index (χ2v) is 4.05. The Labute approximate surface area is 99.1 Å². The fourth-order valence-corrected chi connectivity index (χ4v) is 1.75. The van der Waals surface area contributed by atoms with Crippen molar-refractivity contribution < 1.29 is 9.53 Å². The first-order chi connectivity index (χ1) is 7.77. The summed E-state index contributed by atoms with van der Waals surface area (Å²) in [5.74, 6) is -0.356. The maximum absolute atomic E-state index is 11.1. The lowest BCUT2D eigenvalue weighted by Crippen LogP contribution is -2.08. The number of benzene rings is 1. The van der Waals surface area contributed by atoms with Crippen molar-refractivity contribution in [3.05, 3.63) is 34.9 Å². The SMILES string of the molecule is O=C1OCCC1C=NCc1ccccc1Cl. The average Bonchev–Trinajstić information content (AvgIpc) is 2.67. The summed E-state index contributed by atoms with van der Waals surface area (Å²) in [6, 6.07) is 7.55. The highest BCUT2D eigenvalue weighted by atomic mass is 35.5. The topological polar surface area (TPSA) is 38.7 Å². The van der Waals surface area contributed by atoms with Gasteiger partial charge in [0.2, 0.25) is 0 Å². The van der Waals surface area contributed by atoms with Crippen LogP contribution in [0.5, 0.6) is 0 Å². The molecule has 0 radical (unpaired) electrons. The fourth-order valence-electron chi connectivity index (χ4n) is 1.55. The second-order valence-electron chi connectivity index (χ2n) is 3.64. The van der Waals surface area contributed by atoms with Gasteiger partial charge in [-0.2, -0.15) is 0 Å². The molecule has 1 fully saturated rings. The van der Waals surface area contributed by atoms with Crippen molar-refractivity contribution in [1.82, 2.24) is 0 Å². The van der Waals surface area contributed by atoms with Gasteiger partial charge in [-0.05, 0) is 18.1 Å². The molecule has 0 N–H and O–H groups in total. The molecule has 0 bridgehead atoms. The van der Waals surface area contributed by atoms with Crippen LogP contribution in [0.4, 0.5) is 0 Å². The molecule has 1 aromatic carbocycles. The van der Waals surface area contributed by atoms with Gasteiger partial charge in [0.25, 0.3) is 0 Å². The van der Waals surface area contributed by atoms with E-state index in [-0.39, 0.29) is 11.9 Å². The summed E-state index contributed by atoms with van der Waals surface area (Å²) in [6.07, 6.45) is 2.39. The van der Waals surface area contributed by atoms with E-state index in [1.54, 1.807) is 6.21 Å². The largest absolute Gasteiger partial charge is 0.465 e. The summed E-state index contributed by atoms with van der Waals surface area (Å²) in [7, 11) is 0. The Balaban J connectivity index is 1.94. The Morgan fingerprint density at radius 1 is 1.50 bits per heavy atom. The molecule has 0 aromatic heterocycles. The highest BCUT2D eigenvalue weighted by Gasteiger charge is 2.24. The molecule has 84 valence electrons. The minimum Gasteiger partial charge on any atom is -0.465 e. The van der Waals surface area contributed by atoms with Crippen LogP contribution in [-0.2, 0) is 16.1 Å². The zero-order valence-electron chi connectivity index (χ0n) is 8.73. The number of aliphatic imine (C=N–C) groups is 1. The molecule has 16 heavy (non-hydrogen) atoms. The van der Waals surface area contributed by atoms with Gasteiger partial charge in [-0.3, -0.25) is 9.79 Å². The van der Waals surface area contributed by atoms with Crippen molar-refractivity contribution in [3.8, 4) is 0 Å². The van der Waals surface area contributed by atoms with E-state index in [0.717, 1.165) is 12.0 Å². The number of nitrogens with zero attached hydrogens (tertiary/aromatic N) is 1. The number of carbonyl (C=O) groups excluding carboxylic acids is 1. The highest BCUT2D eigenvalue weighted by Crippen LogP contribution is 2.16. The number of esters is 1. The van der Waals surface area contributed by atoms with Crippen LogP contribution in [0, 0.1) is 5.92 Å². The Kier molecular flexibility index (Phi) is 3.57. The first-order valence-electron chi connectivity index (χ1n) is 5.17. The molecule has 4 heteroatoms. The molecule has 1 aliphatic rings. The molecule has 0 aliphatic carbocycles. The summed E-state index contributed by atoms with van der Waals surface area (Å²) in [4.78, 5) is 15.4. The third kappa shape index (κ3) is 2.61. The molecule has 3 nitrogen and oxygen atoms in total.